The lowest BCUT2D eigenvalue weighted by molar-refractivity contribution is -0.116. The molecule has 1 aliphatic heterocycles. The maximum absolute atomic E-state index is 12.0. The molecule has 0 aromatic heterocycles. The van der Waals surface area contributed by atoms with Gasteiger partial charge in [0.2, 0.25) is 11.8 Å². The summed E-state index contributed by atoms with van der Waals surface area (Å²) in [7, 11) is 0. The van der Waals surface area contributed by atoms with Crippen LogP contribution in [0.5, 0.6) is 0 Å². The van der Waals surface area contributed by atoms with E-state index in [2.05, 4.69) is 10.6 Å². The number of thioether (sulfide) groups is 1. The van der Waals surface area contributed by atoms with Gasteiger partial charge in [-0.25, -0.2) is 0 Å². The van der Waals surface area contributed by atoms with Crippen LogP contribution in [-0.2, 0) is 16.0 Å². The number of amides is 2. The maximum atomic E-state index is 12.0. The molecule has 2 amide bonds. The summed E-state index contributed by atoms with van der Waals surface area (Å²) in [4.78, 5) is 23.3. The third-order valence-electron chi connectivity index (χ3n) is 4.04. The van der Waals surface area contributed by atoms with E-state index in [1.54, 1.807) is 11.8 Å². The highest BCUT2D eigenvalue weighted by Gasteiger charge is 2.18. The van der Waals surface area contributed by atoms with Gasteiger partial charge in [0.25, 0.3) is 0 Å². The molecule has 3 rings (SSSR count). The van der Waals surface area contributed by atoms with Crippen molar-refractivity contribution in [2.45, 2.75) is 43.8 Å². The number of carbonyl (C=O) groups excluding carboxylic acids is 2. The number of anilines is 2. The first-order valence-electron chi connectivity index (χ1n) is 7.55. The highest BCUT2D eigenvalue weighted by molar-refractivity contribution is 8.00. The zero-order valence-electron chi connectivity index (χ0n) is 12.0. The predicted molar refractivity (Wildman–Crippen MR) is 86.7 cm³/mol. The van der Waals surface area contributed by atoms with E-state index >= 15 is 0 Å². The van der Waals surface area contributed by atoms with Crippen molar-refractivity contribution in [1.29, 1.82) is 0 Å². The molecule has 0 bridgehead atoms. The van der Waals surface area contributed by atoms with Gasteiger partial charge >= 0.3 is 0 Å². The van der Waals surface area contributed by atoms with Crippen LogP contribution in [-0.4, -0.2) is 22.8 Å². The molecular formula is C16H20N2O2S. The fraction of sp³-hybridized carbons (Fsp3) is 0.500. The minimum Gasteiger partial charge on any atom is -0.326 e. The summed E-state index contributed by atoms with van der Waals surface area (Å²) in [5, 5.41) is 6.46. The molecule has 0 unspecified atom stereocenters. The number of aryl methyl sites for hydroxylation is 1. The largest absolute Gasteiger partial charge is 0.326 e. The maximum Gasteiger partial charge on any atom is 0.234 e. The number of rotatable bonds is 4. The van der Waals surface area contributed by atoms with Crippen molar-refractivity contribution in [2.75, 3.05) is 16.4 Å². The molecule has 0 saturated heterocycles. The molecule has 1 aliphatic carbocycles. The van der Waals surface area contributed by atoms with Gasteiger partial charge in [0.1, 0.15) is 0 Å². The van der Waals surface area contributed by atoms with Gasteiger partial charge in [-0.3, -0.25) is 9.59 Å². The Hall–Kier alpha value is -1.49. The van der Waals surface area contributed by atoms with Crippen LogP contribution < -0.4 is 10.6 Å². The number of hydrogen-bond acceptors (Lipinski definition) is 3. The van der Waals surface area contributed by atoms with Gasteiger partial charge in [-0.2, -0.15) is 0 Å². The summed E-state index contributed by atoms with van der Waals surface area (Å²) in [5.74, 6) is 0.650. The summed E-state index contributed by atoms with van der Waals surface area (Å²) < 4.78 is 0. The molecule has 5 heteroatoms. The molecule has 1 aromatic carbocycles. The van der Waals surface area contributed by atoms with Crippen molar-refractivity contribution < 1.29 is 9.59 Å². The minimum atomic E-state index is 0.0618. The van der Waals surface area contributed by atoms with Gasteiger partial charge in [0.05, 0.1) is 5.75 Å². The fourth-order valence-electron chi connectivity index (χ4n) is 2.91. The number of nitrogens with one attached hydrogen (secondary N) is 2. The second kappa shape index (κ2) is 6.52. The quantitative estimate of drug-likeness (QED) is 0.898. The average molecular weight is 304 g/mol. The highest BCUT2D eigenvalue weighted by Crippen LogP contribution is 2.29. The lowest BCUT2D eigenvalue weighted by Gasteiger charge is -2.18. The zero-order valence-corrected chi connectivity index (χ0v) is 12.8. The second-order valence-electron chi connectivity index (χ2n) is 5.69. The van der Waals surface area contributed by atoms with E-state index in [0.717, 1.165) is 23.4 Å². The van der Waals surface area contributed by atoms with Gasteiger partial charge < -0.3 is 10.6 Å². The van der Waals surface area contributed by atoms with Crippen LogP contribution in [0.15, 0.2) is 18.2 Å². The van der Waals surface area contributed by atoms with E-state index in [-0.39, 0.29) is 11.8 Å². The first-order chi connectivity index (χ1) is 10.2. The van der Waals surface area contributed by atoms with Crippen molar-refractivity contribution >= 4 is 35.0 Å². The van der Waals surface area contributed by atoms with Crippen LogP contribution in [0.3, 0.4) is 0 Å². The second-order valence-corrected chi connectivity index (χ2v) is 6.97. The summed E-state index contributed by atoms with van der Waals surface area (Å²) in [6.45, 7) is 0. The van der Waals surface area contributed by atoms with E-state index in [0.29, 0.717) is 17.4 Å². The SMILES string of the molecule is O=C(CSC1CCCC1)Nc1ccc2c(c1)CCC(=O)N2. The van der Waals surface area contributed by atoms with Gasteiger partial charge in [-0.05, 0) is 43.0 Å². The monoisotopic (exact) mass is 304 g/mol. The highest BCUT2D eigenvalue weighted by atomic mass is 32.2. The normalized spacial score (nSPS) is 18.2. The molecule has 4 nitrogen and oxygen atoms in total. The molecule has 0 radical (unpaired) electrons. The number of hydrogen-bond donors (Lipinski definition) is 2. The van der Waals surface area contributed by atoms with Crippen LogP contribution in [0.25, 0.3) is 0 Å². The van der Waals surface area contributed by atoms with Crippen LogP contribution >= 0.6 is 11.8 Å². The number of carbonyl (C=O) groups is 2. The Balaban J connectivity index is 1.54. The van der Waals surface area contributed by atoms with E-state index in [9.17, 15) is 9.59 Å². The van der Waals surface area contributed by atoms with E-state index in [4.69, 9.17) is 0 Å². The topological polar surface area (TPSA) is 58.2 Å². The first-order valence-corrected chi connectivity index (χ1v) is 8.60. The summed E-state index contributed by atoms with van der Waals surface area (Å²) in [6, 6.07) is 5.68. The Labute approximate surface area is 129 Å². The van der Waals surface area contributed by atoms with Gasteiger partial charge in [-0.1, -0.05) is 12.8 Å². The number of fused-ring (bicyclic) bond motifs is 1. The molecule has 0 spiro atoms. The van der Waals surface area contributed by atoms with Crippen LogP contribution in [0, 0.1) is 0 Å². The molecule has 0 atom stereocenters. The minimum absolute atomic E-state index is 0.0618. The third kappa shape index (κ3) is 3.79. The first kappa shape index (κ1) is 14.4. The van der Waals surface area contributed by atoms with Crippen molar-refractivity contribution in [1.82, 2.24) is 0 Å². The summed E-state index contributed by atoms with van der Waals surface area (Å²) in [5.41, 5.74) is 2.78. The van der Waals surface area contributed by atoms with Crippen LogP contribution in [0.1, 0.15) is 37.7 Å². The molecule has 1 heterocycles. The Morgan fingerprint density at radius 3 is 2.90 bits per heavy atom. The van der Waals surface area contributed by atoms with Crippen molar-refractivity contribution in [3.63, 3.8) is 0 Å². The Morgan fingerprint density at radius 2 is 2.10 bits per heavy atom. The lowest BCUT2D eigenvalue weighted by Crippen LogP contribution is -2.20. The van der Waals surface area contributed by atoms with Crippen LogP contribution in [0.4, 0.5) is 11.4 Å². The van der Waals surface area contributed by atoms with Crippen molar-refractivity contribution in [2.24, 2.45) is 0 Å². The van der Waals surface area contributed by atoms with Gasteiger partial charge in [-0.15, -0.1) is 11.8 Å². The van der Waals surface area contributed by atoms with E-state index in [1.807, 2.05) is 18.2 Å². The van der Waals surface area contributed by atoms with Crippen LogP contribution in [0.2, 0.25) is 0 Å². The van der Waals surface area contributed by atoms with E-state index < -0.39 is 0 Å². The Morgan fingerprint density at radius 1 is 1.29 bits per heavy atom. The average Bonchev–Trinajstić information content (AvgIpc) is 2.99. The molecular weight excluding hydrogens is 284 g/mol. The molecule has 2 aliphatic rings. The Kier molecular flexibility index (Phi) is 4.48. The molecule has 1 aromatic rings. The van der Waals surface area contributed by atoms with Crippen molar-refractivity contribution in [3.05, 3.63) is 23.8 Å². The molecule has 2 N–H and O–H groups in total. The summed E-state index contributed by atoms with van der Waals surface area (Å²) in [6.07, 6.45) is 6.35. The number of benzene rings is 1. The summed E-state index contributed by atoms with van der Waals surface area (Å²) >= 11 is 1.77. The lowest BCUT2D eigenvalue weighted by atomic mass is 10.0. The smallest absolute Gasteiger partial charge is 0.234 e. The molecule has 1 saturated carbocycles. The van der Waals surface area contributed by atoms with Gasteiger partial charge in [0, 0.05) is 23.0 Å². The molecule has 21 heavy (non-hydrogen) atoms. The van der Waals surface area contributed by atoms with E-state index in [1.165, 1.54) is 25.7 Å². The third-order valence-corrected chi connectivity index (χ3v) is 5.41. The fourth-order valence-corrected chi connectivity index (χ4v) is 4.03. The van der Waals surface area contributed by atoms with Crippen molar-refractivity contribution in [3.8, 4) is 0 Å². The van der Waals surface area contributed by atoms with Gasteiger partial charge in [0.15, 0.2) is 0 Å². The zero-order chi connectivity index (χ0) is 14.7. The molecule has 112 valence electrons. The standard InChI is InChI=1S/C16H20N2O2S/c19-15-8-5-11-9-12(6-7-14(11)18-15)17-16(20)10-21-13-3-1-2-4-13/h6-7,9,13H,1-5,8,10H2,(H,17,20)(H,18,19). The molecule has 1 fully saturated rings. The Bertz CT molecular complexity index is 553. The predicted octanol–water partition coefficient (Wildman–Crippen LogP) is 3.19.